The maximum Gasteiger partial charge on any atom is 0.129 e. The molecule has 0 aliphatic heterocycles. The fourth-order valence-corrected chi connectivity index (χ4v) is 3.21. The highest BCUT2D eigenvalue weighted by molar-refractivity contribution is 7.71. The Morgan fingerprint density at radius 2 is 2.22 bits per heavy atom. The van der Waals surface area contributed by atoms with Gasteiger partial charge in [-0.05, 0) is 43.6 Å². The van der Waals surface area contributed by atoms with Crippen molar-refractivity contribution in [1.29, 1.82) is 0 Å². The average Bonchev–Trinajstić information content (AvgIpc) is 2.75. The SMILES string of the molecule is CCC1CCC(c2nc(=S)cc(CC(C)C)[nH]2)C1. The Morgan fingerprint density at radius 3 is 2.83 bits per heavy atom. The maximum atomic E-state index is 5.30. The van der Waals surface area contributed by atoms with Gasteiger partial charge in [-0.25, -0.2) is 4.98 Å². The molecule has 0 aromatic carbocycles. The van der Waals surface area contributed by atoms with Gasteiger partial charge in [-0.2, -0.15) is 0 Å². The molecule has 100 valence electrons. The number of aromatic nitrogens is 2. The van der Waals surface area contributed by atoms with Crippen LogP contribution in [0.4, 0.5) is 0 Å². The predicted octanol–water partition coefficient (Wildman–Crippen LogP) is 4.63. The van der Waals surface area contributed by atoms with Gasteiger partial charge in [0.15, 0.2) is 0 Å². The third-order valence-electron chi connectivity index (χ3n) is 3.95. The van der Waals surface area contributed by atoms with Gasteiger partial charge < -0.3 is 4.98 Å². The molecule has 0 spiro atoms. The number of nitrogens with zero attached hydrogens (tertiary/aromatic N) is 1. The van der Waals surface area contributed by atoms with Gasteiger partial charge in [-0.3, -0.25) is 0 Å². The van der Waals surface area contributed by atoms with E-state index >= 15 is 0 Å². The van der Waals surface area contributed by atoms with Crippen LogP contribution in [0.15, 0.2) is 6.07 Å². The second kappa shape index (κ2) is 5.96. The molecule has 1 fully saturated rings. The number of nitrogens with one attached hydrogen (secondary N) is 1. The molecule has 3 heteroatoms. The van der Waals surface area contributed by atoms with Crippen molar-refractivity contribution in [2.45, 2.75) is 58.8 Å². The van der Waals surface area contributed by atoms with Crippen LogP contribution in [0, 0.1) is 16.5 Å². The van der Waals surface area contributed by atoms with E-state index in [1.165, 1.54) is 31.4 Å². The summed E-state index contributed by atoms with van der Waals surface area (Å²) in [6, 6.07) is 2.02. The molecule has 2 unspecified atom stereocenters. The summed E-state index contributed by atoms with van der Waals surface area (Å²) in [6.07, 6.45) is 6.24. The highest BCUT2D eigenvalue weighted by Gasteiger charge is 2.26. The summed E-state index contributed by atoms with van der Waals surface area (Å²) in [7, 11) is 0. The molecular formula is C15H24N2S. The molecule has 1 aromatic heterocycles. The Hall–Kier alpha value is -0.700. The first-order chi connectivity index (χ1) is 8.58. The van der Waals surface area contributed by atoms with E-state index in [1.54, 1.807) is 0 Å². The van der Waals surface area contributed by atoms with Crippen molar-refractivity contribution in [2.24, 2.45) is 11.8 Å². The molecule has 0 bridgehead atoms. The predicted molar refractivity (Wildman–Crippen MR) is 78.3 cm³/mol. The third kappa shape index (κ3) is 3.41. The highest BCUT2D eigenvalue weighted by Crippen LogP contribution is 2.38. The summed E-state index contributed by atoms with van der Waals surface area (Å²) >= 11 is 5.30. The van der Waals surface area contributed by atoms with Crippen LogP contribution in [-0.2, 0) is 6.42 Å². The van der Waals surface area contributed by atoms with E-state index in [9.17, 15) is 0 Å². The minimum atomic E-state index is 0.601. The molecule has 18 heavy (non-hydrogen) atoms. The van der Waals surface area contributed by atoms with Crippen molar-refractivity contribution >= 4 is 12.2 Å². The van der Waals surface area contributed by atoms with Crippen molar-refractivity contribution in [2.75, 3.05) is 0 Å². The Balaban J connectivity index is 2.18. The lowest BCUT2D eigenvalue weighted by Crippen LogP contribution is -2.06. The number of aromatic amines is 1. The van der Waals surface area contributed by atoms with Crippen LogP contribution >= 0.6 is 12.2 Å². The van der Waals surface area contributed by atoms with Crippen LogP contribution in [0.3, 0.4) is 0 Å². The van der Waals surface area contributed by atoms with Crippen LogP contribution in [0.5, 0.6) is 0 Å². The molecule has 1 aliphatic carbocycles. The van der Waals surface area contributed by atoms with E-state index in [-0.39, 0.29) is 0 Å². The molecule has 0 saturated heterocycles. The first-order valence-electron chi connectivity index (χ1n) is 7.18. The number of hydrogen-bond acceptors (Lipinski definition) is 2. The Morgan fingerprint density at radius 1 is 1.44 bits per heavy atom. The smallest absolute Gasteiger partial charge is 0.129 e. The fraction of sp³-hybridized carbons (Fsp3) is 0.733. The maximum absolute atomic E-state index is 5.30. The second-order valence-corrected chi connectivity index (χ2v) is 6.43. The number of rotatable bonds is 4. The van der Waals surface area contributed by atoms with E-state index in [1.807, 2.05) is 6.07 Å². The van der Waals surface area contributed by atoms with Crippen molar-refractivity contribution < 1.29 is 0 Å². The summed E-state index contributed by atoms with van der Waals surface area (Å²) in [5, 5.41) is 0. The molecule has 2 nitrogen and oxygen atoms in total. The number of hydrogen-bond donors (Lipinski definition) is 1. The van der Waals surface area contributed by atoms with Crippen LogP contribution in [-0.4, -0.2) is 9.97 Å². The van der Waals surface area contributed by atoms with Gasteiger partial charge in [0.1, 0.15) is 10.5 Å². The quantitative estimate of drug-likeness (QED) is 0.803. The molecule has 1 heterocycles. The Labute approximate surface area is 115 Å². The van der Waals surface area contributed by atoms with E-state index in [0.717, 1.165) is 22.8 Å². The minimum absolute atomic E-state index is 0.601. The minimum Gasteiger partial charge on any atom is -0.347 e. The number of H-pyrrole nitrogens is 1. The zero-order valence-corrected chi connectivity index (χ0v) is 12.5. The zero-order valence-electron chi connectivity index (χ0n) is 11.7. The van der Waals surface area contributed by atoms with Crippen molar-refractivity contribution in [3.63, 3.8) is 0 Å². The molecular weight excluding hydrogens is 240 g/mol. The van der Waals surface area contributed by atoms with Crippen molar-refractivity contribution in [3.05, 3.63) is 22.2 Å². The van der Waals surface area contributed by atoms with Gasteiger partial charge in [0.05, 0.1) is 0 Å². The molecule has 0 radical (unpaired) electrons. The van der Waals surface area contributed by atoms with E-state index in [0.29, 0.717) is 11.8 Å². The first-order valence-corrected chi connectivity index (χ1v) is 7.59. The van der Waals surface area contributed by atoms with Gasteiger partial charge in [0.2, 0.25) is 0 Å². The summed E-state index contributed by atoms with van der Waals surface area (Å²) in [6.45, 7) is 6.76. The van der Waals surface area contributed by atoms with Crippen LogP contribution in [0.2, 0.25) is 0 Å². The van der Waals surface area contributed by atoms with Gasteiger partial charge in [-0.15, -0.1) is 0 Å². The van der Waals surface area contributed by atoms with Gasteiger partial charge in [-0.1, -0.05) is 39.4 Å². The molecule has 0 amide bonds. The molecule has 2 atom stereocenters. The lowest BCUT2D eigenvalue weighted by molar-refractivity contribution is 0.515. The molecule has 1 aromatic rings. The average molecular weight is 264 g/mol. The lowest BCUT2D eigenvalue weighted by Gasteiger charge is -2.13. The van der Waals surface area contributed by atoms with E-state index in [2.05, 4.69) is 30.7 Å². The third-order valence-corrected chi connectivity index (χ3v) is 4.16. The lowest BCUT2D eigenvalue weighted by atomic mass is 10.0. The van der Waals surface area contributed by atoms with Crippen molar-refractivity contribution in [3.8, 4) is 0 Å². The van der Waals surface area contributed by atoms with Gasteiger partial charge >= 0.3 is 0 Å². The molecule has 2 rings (SSSR count). The zero-order chi connectivity index (χ0) is 13.1. The van der Waals surface area contributed by atoms with Crippen LogP contribution in [0.1, 0.15) is 63.9 Å². The second-order valence-electron chi connectivity index (χ2n) is 6.01. The molecule has 1 N–H and O–H groups in total. The molecule has 1 aliphatic rings. The van der Waals surface area contributed by atoms with Gasteiger partial charge in [0.25, 0.3) is 0 Å². The summed E-state index contributed by atoms with van der Waals surface area (Å²) < 4.78 is 0.749. The van der Waals surface area contributed by atoms with Gasteiger partial charge in [0, 0.05) is 11.6 Å². The standard InChI is InChI=1S/C15H24N2S/c1-4-11-5-6-12(8-11)15-16-13(7-10(2)3)9-14(18)17-15/h9-12H,4-8H2,1-3H3,(H,16,17,18). The topological polar surface area (TPSA) is 28.7 Å². The van der Waals surface area contributed by atoms with Crippen molar-refractivity contribution in [1.82, 2.24) is 9.97 Å². The summed E-state index contributed by atoms with van der Waals surface area (Å²) in [5.41, 5.74) is 1.25. The monoisotopic (exact) mass is 264 g/mol. The first kappa shape index (κ1) is 13.7. The van der Waals surface area contributed by atoms with E-state index < -0.39 is 0 Å². The van der Waals surface area contributed by atoms with Crippen LogP contribution in [0.25, 0.3) is 0 Å². The molecule has 1 saturated carbocycles. The van der Waals surface area contributed by atoms with Crippen LogP contribution < -0.4 is 0 Å². The summed E-state index contributed by atoms with van der Waals surface area (Å²) in [5.74, 6) is 3.27. The largest absolute Gasteiger partial charge is 0.347 e. The fourth-order valence-electron chi connectivity index (χ4n) is 2.97. The Kier molecular flexibility index (Phi) is 4.55. The summed E-state index contributed by atoms with van der Waals surface area (Å²) in [4.78, 5) is 8.08. The normalized spacial score (nSPS) is 23.8. The Bertz CT molecular complexity index is 450. The van der Waals surface area contributed by atoms with E-state index in [4.69, 9.17) is 12.2 Å². The highest BCUT2D eigenvalue weighted by atomic mass is 32.1.